The number of nitriles is 1. The van der Waals surface area contributed by atoms with Crippen LogP contribution in [-0.4, -0.2) is 17.4 Å². The Hall–Kier alpha value is -2.28. The Kier molecular flexibility index (Phi) is 2.88. The second-order valence-electron chi connectivity index (χ2n) is 3.44. The molecule has 2 aromatic rings. The molecule has 1 aromatic carbocycles. The van der Waals surface area contributed by atoms with Crippen LogP contribution in [-0.2, 0) is 0 Å². The molecule has 2 N–H and O–H groups in total. The normalized spacial score (nSPS) is 9.94. The molecule has 0 unspecified atom stereocenters. The molecule has 1 heterocycles. The highest BCUT2D eigenvalue weighted by molar-refractivity contribution is 5.98. The predicted octanol–water partition coefficient (Wildman–Crippen LogP) is 1.81. The Bertz CT molecular complexity index is 551. The van der Waals surface area contributed by atoms with Crippen LogP contribution >= 0.6 is 0 Å². The molecule has 4 nitrogen and oxygen atoms in total. The third kappa shape index (κ3) is 2.04. The van der Waals surface area contributed by atoms with Gasteiger partial charge in [-0.1, -0.05) is 0 Å². The van der Waals surface area contributed by atoms with Crippen LogP contribution in [0.15, 0.2) is 30.5 Å². The zero-order chi connectivity index (χ0) is 11.4. The number of nitrogens with one attached hydrogen (secondary N) is 2. The van der Waals surface area contributed by atoms with Crippen molar-refractivity contribution in [2.24, 2.45) is 0 Å². The molecule has 2 rings (SSSR count). The van der Waals surface area contributed by atoms with Gasteiger partial charge in [-0.2, -0.15) is 5.26 Å². The maximum atomic E-state index is 11.7. The minimum atomic E-state index is -0.140. The Morgan fingerprint density at radius 2 is 2.31 bits per heavy atom. The minimum Gasteiger partial charge on any atom is -0.361 e. The molecule has 1 aromatic heterocycles. The van der Waals surface area contributed by atoms with Gasteiger partial charge in [-0.05, 0) is 24.3 Å². The van der Waals surface area contributed by atoms with E-state index in [0.29, 0.717) is 18.5 Å². The van der Waals surface area contributed by atoms with Gasteiger partial charge in [-0.15, -0.1) is 0 Å². The Morgan fingerprint density at radius 1 is 1.44 bits per heavy atom. The van der Waals surface area contributed by atoms with Crippen LogP contribution in [0.3, 0.4) is 0 Å². The molecule has 0 bridgehead atoms. The lowest BCUT2D eigenvalue weighted by Crippen LogP contribution is -2.24. The number of aromatic nitrogens is 1. The molecule has 0 saturated carbocycles. The van der Waals surface area contributed by atoms with E-state index in [4.69, 9.17) is 5.26 Å². The molecule has 4 heteroatoms. The third-order valence-corrected chi connectivity index (χ3v) is 2.34. The molecule has 1 amide bonds. The van der Waals surface area contributed by atoms with Crippen molar-refractivity contribution in [1.29, 1.82) is 5.26 Å². The smallest absolute Gasteiger partial charge is 0.251 e. The molecule has 80 valence electrons. The molecule has 16 heavy (non-hydrogen) atoms. The summed E-state index contributed by atoms with van der Waals surface area (Å²) in [5.74, 6) is -0.140. The van der Waals surface area contributed by atoms with Crippen molar-refractivity contribution in [3.63, 3.8) is 0 Å². The number of hydrogen-bond donors (Lipinski definition) is 2. The first kappa shape index (κ1) is 10.2. The maximum absolute atomic E-state index is 11.7. The van der Waals surface area contributed by atoms with Crippen LogP contribution in [0.4, 0.5) is 0 Å². The highest BCUT2D eigenvalue weighted by atomic mass is 16.1. The van der Waals surface area contributed by atoms with Crippen molar-refractivity contribution in [3.05, 3.63) is 36.0 Å². The molecular weight excluding hydrogens is 202 g/mol. The quantitative estimate of drug-likeness (QED) is 0.763. The lowest BCUT2D eigenvalue weighted by atomic mass is 10.1. The summed E-state index contributed by atoms with van der Waals surface area (Å²) in [6.07, 6.45) is 2.17. The van der Waals surface area contributed by atoms with E-state index in [9.17, 15) is 4.79 Å². The molecule has 0 saturated heterocycles. The fourth-order valence-electron chi connectivity index (χ4n) is 1.53. The van der Waals surface area contributed by atoms with E-state index < -0.39 is 0 Å². The third-order valence-electron chi connectivity index (χ3n) is 2.34. The van der Waals surface area contributed by atoms with Gasteiger partial charge in [0.1, 0.15) is 0 Å². The first-order chi connectivity index (χ1) is 7.81. The van der Waals surface area contributed by atoms with Crippen molar-refractivity contribution in [2.75, 3.05) is 6.54 Å². The topological polar surface area (TPSA) is 68.7 Å². The van der Waals surface area contributed by atoms with Gasteiger partial charge in [0.15, 0.2) is 0 Å². The first-order valence-corrected chi connectivity index (χ1v) is 5.03. The summed E-state index contributed by atoms with van der Waals surface area (Å²) < 4.78 is 0. The summed E-state index contributed by atoms with van der Waals surface area (Å²) in [6.45, 7) is 0.389. The zero-order valence-electron chi connectivity index (χ0n) is 8.66. The second-order valence-corrected chi connectivity index (χ2v) is 3.44. The fourth-order valence-corrected chi connectivity index (χ4v) is 1.53. The number of nitrogens with zero attached hydrogens (tertiary/aromatic N) is 1. The molecular formula is C12H11N3O. The second kappa shape index (κ2) is 4.49. The van der Waals surface area contributed by atoms with Gasteiger partial charge in [0.05, 0.1) is 12.5 Å². The fraction of sp³-hybridized carbons (Fsp3) is 0.167. The number of fused-ring (bicyclic) bond motifs is 1. The van der Waals surface area contributed by atoms with Gasteiger partial charge in [-0.25, -0.2) is 0 Å². The number of H-pyrrole nitrogens is 1. The van der Waals surface area contributed by atoms with E-state index in [1.54, 1.807) is 6.07 Å². The molecule has 0 aliphatic heterocycles. The summed E-state index contributed by atoms with van der Waals surface area (Å²) >= 11 is 0. The van der Waals surface area contributed by atoms with Gasteiger partial charge in [0, 0.05) is 29.2 Å². The van der Waals surface area contributed by atoms with Crippen molar-refractivity contribution >= 4 is 16.8 Å². The molecule has 0 fully saturated rings. The Morgan fingerprint density at radius 3 is 3.12 bits per heavy atom. The highest BCUT2D eigenvalue weighted by Gasteiger charge is 2.05. The van der Waals surface area contributed by atoms with Crippen molar-refractivity contribution in [3.8, 4) is 6.07 Å². The number of amides is 1. The van der Waals surface area contributed by atoms with Crippen molar-refractivity contribution in [1.82, 2.24) is 10.3 Å². The monoisotopic (exact) mass is 213 g/mol. The Balaban J connectivity index is 2.13. The van der Waals surface area contributed by atoms with Crippen molar-refractivity contribution < 1.29 is 4.79 Å². The molecule has 0 spiro atoms. The highest BCUT2D eigenvalue weighted by Crippen LogP contribution is 2.13. The number of hydrogen-bond acceptors (Lipinski definition) is 2. The van der Waals surface area contributed by atoms with Crippen LogP contribution in [0.5, 0.6) is 0 Å². The maximum Gasteiger partial charge on any atom is 0.251 e. The number of benzene rings is 1. The minimum absolute atomic E-state index is 0.140. The molecule has 0 aliphatic rings. The van der Waals surface area contributed by atoms with E-state index in [2.05, 4.69) is 10.3 Å². The Labute approximate surface area is 92.9 Å². The van der Waals surface area contributed by atoms with Crippen LogP contribution in [0, 0.1) is 11.3 Å². The SMILES string of the molecule is N#CCCNC(=O)c1ccc2[nH]ccc2c1. The summed E-state index contributed by atoms with van der Waals surface area (Å²) in [4.78, 5) is 14.7. The van der Waals surface area contributed by atoms with E-state index in [0.717, 1.165) is 10.9 Å². The number of carbonyl (C=O) groups excluding carboxylic acids is 1. The number of carbonyl (C=O) groups is 1. The largest absolute Gasteiger partial charge is 0.361 e. The van der Waals surface area contributed by atoms with Crippen molar-refractivity contribution in [2.45, 2.75) is 6.42 Å². The summed E-state index contributed by atoms with van der Waals surface area (Å²) in [5, 5.41) is 12.1. The van der Waals surface area contributed by atoms with E-state index in [-0.39, 0.29) is 5.91 Å². The summed E-state index contributed by atoms with van der Waals surface area (Å²) in [7, 11) is 0. The molecule has 0 atom stereocenters. The number of rotatable bonds is 3. The molecule has 0 radical (unpaired) electrons. The summed E-state index contributed by atoms with van der Waals surface area (Å²) in [5.41, 5.74) is 1.62. The van der Waals surface area contributed by atoms with Crippen LogP contribution in [0.1, 0.15) is 16.8 Å². The van der Waals surface area contributed by atoms with E-state index in [1.165, 1.54) is 0 Å². The lowest BCUT2D eigenvalue weighted by Gasteiger charge is -2.02. The zero-order valence-corrected chi connectivity index (χ0v) is 8.66. The van der Waals surface area contributed by atoms with Gasteiger partial charge in [0.2, 0.25) is 0 Å². The van der Waals surface area contributed by atoms with E-state index >= 15 is 0 Å². The van der Waals surface area contributed by atoms with Crippen LogP contribution < -0.4 is 5.32 Å². The lowest BCUT2D eigenvalue weighted by molar-refractivity contribution is 0.0954. The standard InChI is InChI=1S/C12H11N3O/c13-5-1-6-15-12(16)10-2-3-11-9(8-10)4-7-14-11/h2-4,7-8,14H,1,6H2,(H,15,16). The predicted molar refractivity (Wildman–Crippen MR) is 60.9 cm³/mol. The van der Waals surface area contributed by atoms with Gasteiger partial charge >= 0.3 is 0 Å². The van der Waals surface area contributed by atoms with Crippen LogP contribution in [0.25, 0.3) is 10.9 Å². The van der Waals surface area contributed by atoms with E-state index in [1.807, 2.05) is 30.5 Å². The van der Waals surface area contributed by atoms with Gasteiger partial charge in [-0.3, -0.25) is 4.79 Å². The summed E-state index contributed by atoms with van der Waals surface area (Å²) in [6, 6.07) is 9.36. The average molecular weight is 213 g/mol. The molecule has 0 aliphatic carbocycles. The average Bonchev–Trinajstić information content (AvgIpc) is 2.76. The van der Waals surface area contributed by atoms with Gasteiger partial charge < -0.3 is 10.3 Å². The van der Waals surface area contributed by atoms with Crippen LogP contribution in [0.2, 0.25) is 0 Å². The number of aromatic amines is 1. The first-order valence-electron chi connectivity index (χ1n) is 5.03. The van der Waals surface area contributed by atoms with Gasteiger partial charge in [0.25, 0.3) is 5.91 Å².